The van der Waals surface area contributed by atoms with E-state index in [4.69, 9.17) is 0 Å². The van der Waals surface area contributed by atoms with Crippen molar-refractivity contribution in [1.29, 1.82) is 0 Å². The minimum Gasteiger partial charge on any atom is -0.263 e. The lowest BCUT2D eigenvalue weighted by Gasteiger charge is -2.19. The smallest absolute Gasteiger partial charge is 0.0720 e. The minimum atomic E-state index is 0.941. The highest BCUT2D eigenvalue weighted by atomic mass is 14.7. The number of hydrogen-bond acceptors (Lipinski definition) is 2. The Morgan fingerprint density at radius 1 is 0.558 bits per heavy atom. The molecule has 1 aliphatic rings. The fraction of sp³-hybridized carbons (Fsp3) is 0.0732. The fourth-order valence-corrected chi connectivity index (χ4v) is 6.63. The molecule has 43 heavy (non-hydrogen) atoms. The van der Waals surface area contributed by atoms with Gasteiger partial charge in [0.15, 0.2) is 0 Å². The Morgan fingerprint density at radius 2 is 1.21 bits per heavy atom. The number of nitrogens with zero attached hydrogens (tertiary/aromatic N) is 2. The monoisotopic (exact) mass is 550 g/mol. The molecule has 0 aliphatic heterocycles. The summed E-state index contributed by atoms with van der Waals surface area (Å²) in [4.78, 5) is 9.19. The van der Waals surface area contributed by atoms with Crippen molar-refractivity contribution in [1.82, 2.24) is 9.97 Å². The van der Waals surface area contributed by atoms with E-state index in [0.29, 0.717) is 0 Å². The van der Waals surface area contributed by atoms with Crippen molar-refractivity contribution in [2.45, 2.75) is 19.8 Å². The van der Waals surface area contributed by atoms with Gasteiger partial charge in [-0.2, -0.15) is 0 Å². The van der Waals surface area contributed by atoms with E-state index in [9.17, 15) is 0 Å². The SMILES string of the molecule is Cc1ccnc(-c2cncc(-c3cccc(-c4c5ccccc5c(-c5ccc6c(c5)CCC=C6)c5ccccc45)c3)c2)c1. The number of rotatable bonds is 4. The van der Waals surface area contributed by atoms with E-state index in [1.165, 1.54) is 60.5 Å². The fourth-order valence-electron chi connectivity index (χ4n) is 6.63. The molecule has 0 unspecified atom stereocenters. The summed E-state index contributed by atoms with van der Waals surface area (Å²) in [5, 5.41) is 5.09. The molecule has 2 heteroatoms. The van der Waals surface area contributed by atoms with Crippen molar-refractivity contribution in [3.05, 3.63) is 151 Å². The lowest BCUT2D eigenvalue weighted by Crippen LogP contribution is -1.96. The molecule has 2 aromatic heterocycles. The first-order valence-corrected chi connectivity index (χ1v) is 15.0. The second kappa shape index (κ2) is 10.5. The van der Waals surface area contributed by atoms with Crippen LogP contribution in [0.5, 0.6) is 0 Å². The van der Waals surface area contributed by atoms with Gasteiger partial charge >= 0.3 is 0 Å². The third kappa shape index (κ3) is 4.52. The largest absolute Gasteiger partial charge is 0.263 e. The van der Waals surface area contributed by atoms with E-state index in [1.807, 2.05) is 24.7 Å². The van der Waals surface area contributed by atoms with Crippen LogP contribution < -0.4 is 0 Å². The predicted octanol–water partition coefficient (Wildman–Crippen LogP) is 10.7. The summed E-state index contributed by atoms with van der Waals surface area (Å²) in [6, 6.07) is 40.0. The maximum Gasteiger partial charge on any atom is 0.0720 e. The van der Waals surface area contributed by atoms with Crippen LogP contribution in [0.25, 0.3) is 72.3 Å². The number of fused-ring (bicyclic) bond motifs is 3. The van der Waals surface area contributed by atoms with E-state index in [0.717, 1.165) is 35.2 Å². The van der Waals surface area contributed by atoms with Crippen LogP contribution in [0.15, 0.2) is 134 Å². The standard InChI is InChI=1S/C41H30N2/c1-27-19-20-43-39(21-27)34-24-33(25-42-26-34)30-11-8-12-31(23-30)40-35-13-4-6-15-37(35)41(38-16-7-5-14-36(38)40)32-18-17-28-9-2-3-10-29(28)22-32/h2,4-9,11-26H,3,10H2,1H3. The minimum absolute atomic E-state index is 0.941. The Morgan fingerprint density at radius 3 is 1.93 bits per heavy atom. The number of allylic oxidation sites excluding steroid dienone is 1. The maximum absolute atomic E-state index is 4.60. The summed E-state index contributed by atoms with van der Waals surface area (Å²) in [6.07, 6.45) is 12.4. The van der Waals surface area contributed by atoms with E-state index in [1.54, 1.807) is 0 Å². The lowest BCUT2D eigenvalue weighted by molar-refractivity contribution is 0.986. The van der Waals surface area contributed by atoms with Gasteiger partial charge in [0.25, 0.3) is 0 Å². The quantitative estimate of drug-likeness (QED) is 0.204. The number of pyridine rings is 2. The molecular formula is C41H30N2. The van der Waals surface area contributed by atoms with Crippen LogP contribution in [0, 0.1) is 6.92 Å². The van der Waals surface area contributed by atoms with Crippen LogP contribution in [-0.4, -0.2) is 9.97 Å². The Bertz CT molecular complexity index is 2150. The van der Waals surface area contributed by atoms with E-state index in [-0.39, 0.29) is 0 Å². The predicted molar refractivity (Wildman–Crippen MR) is 181 cm³/mol. The van der Waals surface area contributed by atoms with Crippen LogP contribution in [0.1, 0.15) is 23.1 Å². The molecule has 0 amide bonds. The highest BCUT2D eigenvalue weighted by molar-refractivity contribution is 6.21. The van der Waals surface area contributed by atoms with Crippen LogP contribution in [0.3, 0.4) is 0 Å². The summed E-state index contributed by atoms with van der Waals surface area (Å²) < 4.78 is 0. The molecule has 0 N–H and O–H groups in total. The van der Waals surface area contributed by atoms with Gasteiger partial charge in [-0.05, 0) is 110 Å². The van der Waals surface area contributed by atoms with Crippen LogP contribution in [0.4, 0.5) is 0 Å². The van der Waals surface area contributed by atoms with Crippen molar-refractivity contribution in [2.75, 3.05) is 0 Å². The molecule has 5 aromatic carbocycles. The highest BCUT2D eigenvalue weighted by Gasteiger charge is 2.18. The number of aromatic nitrogens is 2. The number of hydrogen-bond donors (Lipinski definition) is 0. The van der Waals surface area contributed by atoms with Crippen molar-refractivity contribution in [2.24, 2.45) is 0 Å². The van der Waals surface area contributed by atoms with Crippen LogP contribution in [0.2, 0.25) is 0 Å². The molecule has 2 nitrogen and oxygen atoms in total. The van der Waals surface area contributed by atoms with Gasteiger partial charge in [-0.25, -0.2) is 0 Å². The zero-order valence-corrected chi connectivity index (χ0v) is 24.1. The average molecular weight is 551 g/mol. The summed E-state index contributed by atoms with van der Waals surface area (Å²) in [7, 11) is 0. The van der Waals surface area contributed by atoms with E-state index >= 15 is 0 Å². The molecule has 8 rings (SSSR count). The molecule has 1 aliphatic carbocycles. The second-order valence-corrected chi connectivity index (χ2v) is 11.5. The topological polar surface area (TPSA) is 25.8 Å². The summed E-state index contributed by atoms with van der Waals surface area (Å²) in [5.41, 5.74) is 13.2. The Labute approximate surface area is 252 Å². The Balaban J connectivity index is 1.32. The first-order chi connectivity index (χ1) is 21.2. The molecule has 2 heterocycles. The molecule has 0 saturated heterocycles. The third-order valence-corrected chi connectivity index (χ3v) is 8.67. The van der Waals surface area contributed by atoms with Gasteiger partial charge in [-0.15, -0.1) is 0 Å². The molecule has 0 spiro atoms. The van der Waals surface area contributed by atoms with Gasteiger partial charge in [0.2, 0.25) is 0 Å². The molecule has 0 saturated carbocycles. The maximum atomic E-state index is 4.60. The van der Waals surface area contributed by atoms with Crippen LogP contribution in [-0.2, 0) is 6.42 Å². The molecule has 0 atom stereocenters. The first kappa shape index (κ1) is 25.4. The lowest BCUT2D eigenvalue weighted by atomic mass is 9.84. The van der Waals surface area contributed by atoms with Crippen molar-refractivity contribution in [3.8, 4) is 44.6 Å². The average Bonchev–Trinajstić information content (AvgIpc) is 3.07. The zero-order chi connectivity index (χ0) is 28.8. The summed E-state index contributed by atoms with van der Waals surface area (Å²) in [5.74, 6) is 0. The van der Waals surface area contributed by atoms with E-state index in [2.05, 4.69) is 132 Å². The first-order valence-electron chi connectivity index (χ1n) is 15.0. The molecule has 0 radical (unpaired) electrons. The van der Waals surface area contributed by atoms with Gasteiger partial charge < -0.3 is 0 Å². The molecule has 7 aromatic rings. The summed E-state index contributed by atoms with van der Waals surface area (Å²) in [6.45, 7) is 2.09. The van der Waals surface area contributed by atoms with Crippen LogP contribution >= 0.6 is 0 Å². The van der Waals surface area contributed by atoms with Gasteiger partial charge in [-0.3, -0.25) is 9.97 Å². The molecule has 0 bridgehead atoms. The van der Waals surface area contributed by atoms with Crippen molar-refractivity contribution >= 4 is 27.6 Å². The molecule has 204 valence electrons. The van der Waals surface area contributed by atoms with Crippen molar-refractivity contribution < 1.29 is 0 Å². The van der Waals surface area contributed by atoms with E-state index < -0.39 is 0 Å². The number of aryl methyl sites for hydroxylation is 2. The Hall–Kier alpha value is -5.34. The normalized spacial score (nSPS) is 12.5. The summed E-state index contributed by atoms with van der Waals surface area (Å²) >= 11 is 0. The van der Waals surface area contributed by atoms with Gasteiger partial charge in [0.05, 0.1) is 5.69 Å². The Kier molecular flexibility index (Phi) is 6.19. The van der Waals surface area contributed by atoms with Crippen molar-refractivity contribution in [3.63, 3.8) is 0 Å². The number of benzene rings is 5. The molecular weight excluding hydrogens is 520 g/mol. The zero-order valence-electron chi connectivity index (χ0n) is 24.1. The second-order valence-electron chi connectivity index (χ2n) is 11.5. The van der Waals surface area contributed by atoms with Gasteiger partial charge in [0.1, 0.15) is 0 Å². The molecule has 0 fully saturated rings. The van der Waals surface area contributed by atoms with Gasteiger partial charge in [0, 0.05) is 29.7 Å². The van der Waals surface area contributed by atoms with Gasteiger partial charge in [-0.1, -0.05) is 97.1 Å². The third-order valence-electron chi connectivity index (χ3n) is 8.67. The highest BCUT2D eigenvalue weighted by Crippen LogP contribution is 2.44.